The highest BCUT2D eigenvalue weighted by Gasteiger charge is 1.98. The molecule has 0 saturated heterocycles. The molecule has 3 N–H and O–H groups in total. The molecule has 0 fully saturated rings. The van der Waals surface area contributed by atoms with Crippen LogP contribution in [0, 0.1) is 0 Å². The number of nitrogens with zero attached hydrogens (tertiary/aromatic N) is 1. The largest absolute Gasteiger partial charge is 0.380 e. The molecule has 0 bridgehead atoms. The van der Waals surface area contributed by atoms with E-state index in [4.69, 9.17) is 10.5 Å². The van der Waals surface area contributed by atoms with Gasteiger partial charge in [0.1, 0.15) is 0 Å². The second kappa shape index (κ2) is 10.2. The second-order valence-corrected chi connectivity index (χ2v) is 5.13. The molecule has 0 heterocycles. The van der Waals surface area contributed by atoms with Crippen molar-refractivity contribution in [2.75, 3.05) is 12.4 Å². The minimum atomic E-state index is 0. The first-order valence-electron chi connectivity index (χ1n) is 7.44. The third kappa shape index (κ3) is 6.58. The monoisotopic (exact) mass is 425 g/mol. The van der Waals surface area contributed by atoms with Crippen LogP contribution in [0.4, 0.5) is 5.69 Å². The number of hydrogen-bond acceptors (Lipinski definition) is 2. The molecule has 2 aromatic rings. The highest BCUT2D eigenvalue weighted by molar-refractivity contribution is 14.0. The summed E-state index contributed by atoms with van der Waals surface area (Å²) >= 11 is 0. The van der Waals surface area contributed by atoms with Crippen molar-refractivity contribution in [3.05, 3.63) is 65.2 Å². The van der Waals surface area contributed by atoms with Gasteiger partial charge in [0, 0.05) is 12.8 Å². The predicted octanol–water partition coefficient (Wildman–Crippen LogP) is 3.94. The molecular weight excluding hydrogens is 401 g/mol. The number of benzene rings is 2. The summed E-state index contributed by atoms with van der Waals surface area (Å²) in [5, 5.41) is 3.13. The number of rotatable bonds is 6. The summed E-state index contributed by atoms with van der Waals surface area (Å²) in [6.45, 7) is 3.28. The van der Waals surface area contributed by atoms with E-state index < -0.39 is 0 Å². The standard InChI is InChI=1S/C18H23N3O.HI/c1-3-14-6-5-9-17(11-14)21-18(19)20-12-15-7-4-8-16(10-15)13-22-2;/h4-11H,3,12-13H2,1-2H3,(H3,19,20,21);1H. The van der Waals surface area contributed by atoms with Crippen LogP contribution in [0.3, 0.4) is 0 Å². The Bertz CT molecular complexity index is 644. The van der Waals surface area contributed by atoms with E-state index in [2.05, 4.69) is 35.4 Å². The fourth-order valence-corrected chi connectivity index (χ4v) is 2.22. The Balaban J connectivity index is 0.00000264. The van der Waals surface area contributed by atoms with Gasteiger partial charge in [-0.05, 0) is 35.2 Å². The number of ether oxygens (including phenoxy) is 1. The van der Waals surface area contributed by atoms with E-state index in [-0.39, 0.29) is 24.0 Å². The molecule has 23 heavy (non-hydrogen) atoms. The zero-order valence-electron chi connectivity index (χ0n) is 13.6. The van der Waals surface area contributed by atoms with Crippen molar-refractivity contribution < 1.29 is 4.74 Å². The van der Waals surface area contributed by atoms with Crippen LogP contribution in [0.15, 0.2) is 53.5 Å². The number of aryl methyl sites for hydroxylation is 1. The molecule has 0 atom stereocenters. The molecule has 0 saturated carbocycles. The van der Waals surface area contributed by atoms with Crippen molar-refractivity contribution in [3.63, 3.8) is 0 Å². The van der Waals surface area contributed by atoms with Gasteiger partial charge in [-0.2, -0.15) is 0 Å². The molecule has 2 rings (SSSR count). The number of guanidine groups is 1. The molecule has 2 aromatic carbocycles. The molecule has 0 spiro atoms. The zero-order valence-corrected chi connectivity index (χ0v) is 15.9. The molecule has 0 aromatic heterocycles. The SMILES string of the molecule is CCc1cccc(NC(N)=NCc2cccc(COC)c2)c1.I. The maximum atomic E-state index is 5.96. The fraction of sp³-hybridized carbons (Fsp3) is 0.278. The Morgan fingerprint density at radius 1 is 1.09 bits per heavy atom. The van der Waals surface area contributed by atoms with Crippen LogP contribution < -0.4 is 11.1 Å². The van der Waals surface area contributed by atoms with Crippen LogP contribution in [-0.4, -0.2) is 13.1 Å². The lowest BCUT2D eigenvalue weighted by atomic mass is 10.1. The van der Waals surface area contributed by atoms with Gasteiger partial charge in [0.2, 0.25) is 0 Å². The summed E-state index contributed by atoms with van der Waals surface area (Å²) in [6, 6.07) is 16.3. The first-order valence-corrected chi connectivity index (χ1v) is 7.44. The minimum absolute atomic E-state index is 0. The van der Waals surface area contributed by atoms with Gasteiger partial charge in [0.15, 0.2) is 5.96 Å². The Morgan fingerprint density at radius 3 is 2.52 bits per heavy atom. The highest BCUT2D eigenvalue weighted by atomic mass is 127. The predicted molar refractivity (Wildman–Crippen MR) is 107 cm³/mol. The molecule has 5 heteroatoms. The van der Waals surface area contributed by atoms with E-state index in [9.17, 15) is 0 Å². The lowest BCUT2D eigenvalue weighted by Crippen LogP contribution is -2.22. The number of aliphatic imine (C=N–C) groups is 1. The fourth-order valence-electron chi connectivity index (χ4n) is 2.22. The van der Waals surface area contributed by atoms with Crippen LogP contribution >= 0.6 is 24.0 Å². The van der Waals surface area contributed by atoms with Crippen molar-refractivity contribution in [1.29, 1.82) is 0 Å². The average molecular weight is 425 g/mol. The maximum Gasteiger partial charge on any atom is 0.193 e. The summed E-state index contributed by atoms with van der Waals surface area (Å²) < 4.78 is 5.14. The molecule has 0 aliphatic rings. The van der Waals surface area contributed by atoms with Crippen molar-refractivity contribution in [1.82, 2.24) is 0 Å². The summed E-state index contributed by atoms with van der Waals surface area (Å²) in [5.74, 6) is 0.422. The van der Waals surface area contributed by atoms with E-state index in [1.807, 2.05) is 30.3 Å². The Hall–Kier alpha value is -1.60. The lowest BCUT2D eigenvalue weighted by Gasteiger charge is -2.07. The number of halogens is 1. The topological polar surface area (TPSA) is 59.6 Å². The van der Waals surface area contributed by atoms with E-state index in [0.717, 1.165) is 23.2 Å². The highest BCUT2D eigenvalue weighted by Crippen LogP contribution is 2.11. The quantitative estimate of drug-likeness (QED) is 0.419. The smallest absolute Gasteiger partial charge is 0.193 e. The van der Waals surface area contributed by atoms with Crippen molar-refractivity contribution >= 4 is 35.6 Å². The molecule has 0 aliphatic heterocycles. The van der Waals surface area contributed by atoms with Crippen molar-refractivity contribution in [3.8, 4) is 0 Å². The van der Waals surface area contributed by atoms with Gasteiger partial charge >= 0.3 is 0 Å². The Morgan fingerprint density at radius 2 is 1.78 bits per heavy atom. The molecule has 124 valence electrons. The average Bonchev–Trinajstić information content (AvgIpc) is 2.54. The van der Waals surface area contributed by atoms with Gasteiger partial charge in [0.05, 0.1) is 13.2 Å². The van der Waals surface area contributed by atoms with Gasteiger partial charge in [-0.1, -0.05) is 43.3 Å². The van der Waals surface area contributed by atoms with Gasteiger partial charge in [-0.15, -0.1) is 24.0 Å². The van der Waals surface area contributed by atoms with Gasteiger partial charge < -0.3 is 15.8 Å². The number of anilines is 1. The molecule has 0 amide bonds. The third-order valence-corrected chi connectivity index (χ3v) is 3.34. The van der Waals surface area contributed by atoms with Crippen LogP contribution in [0.25, 0.3) is 0 Å². The van der Waals surface area contributed by atoms with E-state index in [1.165, 1.54) is 5.56 Å². The summed E-state index contributed by atoms with van der Waals surface area (Å²) in [4.78, 5) is 4.39. The molecule has 4 nitrogen and oxygen atoms in total. The van der Waals surface area contributed by atoms with Crippen molar-refractivity contribution in [2.24, 2.45) is 10.7 Å². The molecule has 0 aliphatic carbocycles. The van der Waals surface area contributed by atoms with Crippen LogP contribution in [0.5, 0.6) is 0 Å². The first kappa shape index (κ1) is 19.4. The zero-order chi connectivity index (χ0) is 15.8. The van der Waals surface area contributed by atoms with Crippen LogP contribution in [0.2, 0.25) is 0 Å². The lowest BCUT2D eigenvalue weighted by molar-refractivity contribution is 0.185. The van der Waals surface area contributed by atoms with Crippen LogP contribution in [0.1, 0.15) is 23.6 Å². The Labute approximate surface area is 155 Å². The van der Waals surface area contributed by atoms with Gasteiger partial charge in [-0.3, -0.25) is 0 Å². The van der Waals surface area contributed by atoms with Crippen molar-refractivity contribution in [2.45, 2.75) is 26.5 Å². The number of hydrogen-bond donors (Lipinski definition) is 2. The van der Waals surface area contributed by atoms with Crippen LogP contribution in [-0.2, 0) is 24.3 Å². The number of nitrogens with two attached hydrogens (primary N) is 1. The summed E-state index contributed by atoms with van der Waals surface area (Å²) in [6.07, 6.45) is 0.999. The second-order valence-electron chi connectivity index (χ2n) is 5.13. The molecule has 0 unspecified atom stereocenters. The third-order valence-electron chi connectivity index (χ3n) is 3.34. The molecular formula is C18H24IN3O. The summed E-state index contributed by atoms with van der Waals surface area (Å²) in [7, 11) is 1.69. The summed E-state index contributed by atoms with van der Waals surface area (Å²) in [5.41, 5.74) is 10.4. The molecule has 0 radical (unpaired) electrons. The van der Waals surface area contributed by atoms with Gasteiger partial charge in [-0.25, -0.2) is 4.99 Å². The minimum Gasteiger partial charge on any atom is -0.380 e. The van der Waals surface area contributed by atoms with E-state index in [0.29, 0.717) is 19.1 Å². The van der Waals surface area contributed by atoms with E-state index in [1.54, 1.807) is 7.11 Å². The van der Waals surface area contributed by atoms with E-state index >= 15 is 0 Å². The number of methoxy groups -OCH3 is 1. The first-order chi connectivity index (χ1) is 10.7. The maximum absolute atomic E-state index is 5.96. The van der Waals surface area contributed by atoms with Gasteiger partial charge in [0.25, 0.3) is 0 Å². The Kier molecular flexibility index (Phi) is 8.65. The normalized spacial score (nSPS) is 11.0. The number of nitrogens with one attached hydrogen (secondary N) is 1.